The molecule has 3 rings (SSSR count). The average Bonchev–Trinajstić information content (AvgIpc) is 2.56. The fourth-order valence-corrected chi connectivity index (χ4v) is 4.06. The Kier molecular flexibility index (Phi) is 4.80. The second-order valence-electron chi connectivity index (χ2n) is 5.27. The molecule has 0 N–H and O–H groups in total. The van der Waals surface area contributed by atoms with Crippen molar-refractivity contribution in [2.45, 2.75) is 13.3 Å². The van der Waals surface area contributed by atoms with Crippen molar-refractivity contribution in [3.8, 4) is 0 Å². The Balaban J connectivity index is 1.95. The molecule has 118 valence electrons. The molecule has 0 aliphatic carbocycles. The second kappa shape index (κ2) is 6.99. The van der Waals surface area contributed by atoms with Gasteiger partial charge in [-0.05, 0) is 29.7 Å². The van der Waals surface area contributed by atoms with Gasteiger partial charge in [0.2, 0.25) is 0 Å². The molecule has 0 saturated carbocycles. The van der Waals surface area contributed by atoms with Crippen molar-refractivity contribution in [3.63, 3.8) is 0 Å². The normalized spacial score (nSPS) is 20.4. The molecule has 1 aliphatic rings. The Morgan fingerprint density at radius 1 is 1.00 bits per heavy atom. The quantitative estimate of drug-likeness (QED) is 0.689. The molecule has 2 aromatic carbocycles. The molecule has 0 bridgehead atoms. The van der Waals surface area contributed by atoms with Gasteiger partial charge in [-0.1, -0.05) is 60.7 Å². The topological polar surface area (TPSA) is 35.5 Å². The molecular formula is C19H19O3P. The molecule has 0 saturated heterocycles. The Labute approximate surface area is 136 Å². The largest absolute Gasteiger partial charge is 0.426 e. The van der Waals surface area contributed by atoms with Gasteiger partial charge in [0.05, 0.1) is 6.61 Å². The maximum Gasteiger partial charge on any atom is 0.403 e. The van der Waals surface area contributed by atoms with Gasteiger partial charge in [0.25, 0.3) is 0 Å². The van der Waals surface area contributed by atoms with Crippen LogP contribution in [0.15, 0.2) is 78.3 Å². The van der Waals surface area contributed by atoms with E-state index in [1.165, 1.54) is 0 Å². The molecule has 23 heavy (non-hydrogen) atoms. The van der Waals surface area contributed by atoms with E-state index < -0.39 is 7.60 Å². The van der Waals surface area contributed by atoms with Gasteiger partial charge < -0.3 is 4.52 Å². The van der Waals surface area contributed by atoms with Crippen LogP contribution in [-0.4, -0.2) is 6.61 Å². The van der Waals surface area contributed by atoms with Crippen LogP contribution in [0.5, 0.6) is 0 Å². The zero-order valence-electron chi connectivity index (χ0n) is 13.0. The van der Waals surface area contributed by atoms with Gasteiger partial charge in [-0.25, -0.2) is 4.57 Å². The number of allylic oxidation sites excluding steroid dienone is 3. The standard InChI is InChI=1S/C19H19O3P/c1-2-21-23(20)15-18(17-11-7-4-8-12-17)14-19(22-23)13-16-9-5-3-6-10-16/h3-12,14-15H,2,13H2,1H3. The number of hydrogen-bond donors (Lipinski definition) is 0. The SMILES string of the molecule is CCOP1(=O)C=C(c2ccccc2)C=C(Cc2ccccc2)O1. The van der Waals surface area contributed by atoms with E-state index in [1.54, 1.807) is 5.82 Å². The van der Waals surface area contributed by atoms with Gasteiger partial charge in [-0.15, -0.1) is 0 Å². The van der Waals surface area contributed by atoms with Crippen molar-refractivity contribution >= 4 is 13.2 Å². The van der Waals surface area contributed by atoms with E-state index in [0.29, 0.717) is 18.8 Å². The summed E-state index contributed by atoms with van der Waals surface area (Å²) >= 11 is 0. The van der Waals surface area contributed by atoms with Gasteiger partial charge in [-0.3, -0.25) is 4.52 Å². The summed E-state index contributed by atoms with van der Waals surface area (Å²) in [5.41, 5.74) is 2.98. The Hall–Kier alpha value is -2.09. The third-order valence-corrected chi connectivity index (χ3v) is 5.20. The second-order valence-corrected chi connectivity index (χ2v) is 7.05. The number of hydrogen-bond acceptors (Lipinski definition) is 3. The van der Waals surface area contributed by atoms with E-state index >= 15 is 0 Å². The summed E-state index contributed by atoms with van der Waals surface area (Å²) in [6.45, 7) is 2.16. The van der Waals surface area contributed by atoms with Crippen molar-refractivity contribution in [1.82, 2.24) is 0 Å². The lowest BCUT2D eigenvalue weighted by Gasteiger charge is -2.23. The number of benzene rings is 2. The molecule has 0 fully saturated rings. The molecule has 1 aliphatic heterocycles. The molecule has 3 nitrogen and oxygen atoms in total. The summed E-state index contributed by atoms with van der Waals surface area (Å²) < 4.78 is 24.0. The van der Waals surface area contributed by atoms with E-state index in [9.17, 15) is 4.57 Å². The first-order chi connectivity index (χ1) is 11.2. The zero-order valence-corrected chi connectivity index (χ0v) is 13.9. The lowest BCUT2D eigenvalue weighted by Crippen LogP contribution is -2.03. The minimum absolute atomic E-state index is 0.342. The molecule has 1 atom stereocenters. The highest BCUT2D eigenvalue weighted by atomic mass is 31.2. The van der Waals surface area contributed by atoms with Crippen molar-refractivity contribution in [1.29, 1.82) is 0 Å². The van der Waals surface area contributed by atoms with Crippen LogP contribution in [0.4, 0.5) is 0 Å². The molecule has 1 unspecified atom stereocenters. The van der Waals surface area contributed by atoms with Gasteiger partial charge in [0.15, 0.2) is 0 Å². The van der Waals surface area contributed by atoms with Crippen molar-refractivity contribution in [2.24, 2.45) is 0 Å². The summed E-state index contributed by atoms with van der Waals surface area (Å²) in [7, 11) is -3.26. The van der Waals surface area contributed by atoms with Crippen LogP contribution in [0.1, 0.15) is 18.1 Å². The highest BCUT2D eigenvalue weighted by molar-refractivity contribution is 7.57. The van der Waals surface area contributed by atoms with E-state index in [4.69, 9.17) is 9.05 Å². The summed E-state index contributed by atoms with van der Waals surface area (Å²) in [5, 5.41) is 0. The van der Waals surface area contributed by atoms with Crippen molar-refractivity contribution < 1.29 is 13.6 Å². The van der Waals surface area contributed by atoms with Gasteiger partial charge in [-0.2, -0.15) is 0 Å². The minimum Gasteiger partial charge on any atom is -0.426 e. The molecule has 0 aromatic heterocycles. The maximum atomic E-state index is 12.9. The lowest BCUT2D eigenvalue weighted by molar-refractivity contribution is 0.255. The third kappa shape index (κ3) is 4.01. The monoisotopic (exact) mass is 326 g/mol. The lowest BCUT2D eigenvalue weighted by atomic mass is 10.0. The first kappa shape index (κ1) is 15.8. The Morgan fingerprint density at radius 2 is 1.65 bits per heavy atom. The predicted octanol–water partition coefficient (Wildman–Crippen LogP) is 5.41. The highest BCUT2D eigenvalue weighted by Gasteiger charge is 2.28. The zero-order chi connectivity index (χ0) is 16.1. The average molecular weight is 326 g/mol. The first-order valence-corrected chi connectivity index (χ1v) is 9.26. The molecule has 0 spiro atoms. The smallest absolute Gasteiger partial charge is 0.403 e. The van der Waals surface area contributed by atoms with E-state index in [1.807, 2.05) is 73.7 Å². The molecule has 4 heteroatoms. The fourth-order valence-electron chi connectivity index (χ4n) is 2.51. The minimum atomic E-state index is -3.26. The predicted molar refractivity (Wildman–Crippen MR) is 93.0 cm³/mol. The van der Waals surface area contributed by atoms with Gasteiger partial charge in [0, 0.05) is 12.2 Å². The summed E-state index contributed by atoms with van der Waals surface area (Å²) in [5.74, 6) is 2.27. The highest BCUT2D eigenvalue weighted by Crippen LogP contribution is 2.56. The van der Waals surface area contributed by atoms with E-state index in [2.05, 4.69) is 0 Å². The van der Waals surface area contributed by atoms with Crippen LogP contribution < -0.4 is 0 Å². The van der Waals surface area contributed by atoms with E-state index in [0.717, 1.165) is 16.7 Å². The van der Waals surface area contributed by atoms with Crippen LogP contribution in [0, 0.1) is 0 Å². The Bertz CT molecular complexity index is 764. The third-order valence-electron chi connectivity index (χ3n) is 3.50. The molecular weight excluding hydrogens is 307 g/mol. The van der Waals surface area contributed by atoms with Crippen LogP contribution >= 0.6 is 7.60 Å². The van der Waals surface area contributed by atoms with Crippen LogP contribution in [0.2, 0.25) is 0 Å². The van der Waals surface area contributed by atoms with E-state index in [-0.39, 0.29) is 0 Å². The summed E-state index contributed by atoms with van der Waals surface area (Å²) in [6.07, 6.45) is 2.53. The molecule has 0 amide bonds. The van der Waals surface area contributed by atoms with Gasteiger partial charge >= 0.3 is 7.60 Å². The van der Waals surface area contributed by atoms with Crippen LogP contribution in [0.3, 0.4) is 0 Å². The maximum absolute atomic E-state index is 12.9. The molecule has 2 aromatic rings. The fraction of sp³-hybridized carbons (Fsp3) is 0.158. The summed E-state index contributed by atoms with van der Waals surface area (Å²) in [6, 6.07) is 19.8. The van der Waals surface area contributed by atoms with Gasteiger partial charge in [0.1, 0.15) is 5.76 Å². The molecule has 1 heterocycles. The van der Waals surface area contributed by atoms with Crippen LogP contribution in [-0.2, 0) is 20.0 Å². The first-order valence-electron chi connectivity index (χ1n) is 7.65. The summed E-state index contributed by atoms with van der Waals surface area (Å²) in [4.78, 5) is 0. The Morgan fingerprint density at radius 3 is 2.30 bits per heavy atom. The number of rotatable bonds is 5. The van der Waals surface area contributed by atoms with Crippen molar-refractivity contribution in [2.75, 3.05) is 6.61 Å². The molecule has 0 radical (unpaired) electrons. The van der Waals surface area contributed by atoms with Crippen molar-refractivity contribution in [3.05, 3.63) is 89.4 Å². The van der Waals surface area contributed by atoms with Crippen LogP contribution in [0.25, 0.3) is 5.57 Å².